The SMILES string of the molecule is CCC1NC(=O)CN(CCCCN(C)C)C1=O. The second kappa shape index (κ2) is 6.59. The summed E-state index contributed by atoms with van der Waals surface area (Å²) in [5, 5.41) is 2.72. The molecule has 0 radical (unpaired) electrons. The second-order valence-electron chi connectivity index (χ2n) is 4.80. The molecule has 0 aromatic carbocycles. The van der Waals surface area contributed by atoms with Gasteiger partial charge in [-0.3, -0.25) is 9.59 Å². The number of rotatable bonds is 6. The molecule has 98 valence electrons. The minimum absolute atomic E-state index is 0.0379. The Hall–Kier alpha value is -1.10. The minimum atomic E-state index is -0.315. The molecule has 17 heavy (non-hydrogen) atoms. The summed E-state index contributed by atoms with van der Waals surface area (Å²) in [6.45, 7) is 3.84. The predicted molar refractivity (Wildman–Crippen MR) is 66.6 cm³/mol. The zero-order valence-electron chi connectivity index (χ0n) is 11.0. The van der Waals surface area contributed by atoms with Gasteiger partial charge in [0.15, 0.2) is 0 Å². The molecule has 1 fully saturated rings. The molecule has 0 spiro atoms. The highest BCUT2D eigenvalue weighted by Crippen LogP contribution is 2.07. The van der Waals surface area contributed by atoms with E-state index >= 15 is 0 Å². The third kappa shape index (κ3) is 4.34. The maximum absolute atomic E-state index is 11.9. The van der Waals surface area contributed by atoms with E-state index in [0.29, 0.717) is 13.0 Å². The molecule has 1 N–H and O–H groups in total. The Bertz CT molecular complexity index is 279. The van der Waals surface area contributed by atoms with E-state index in [4.69, 9.17) is 0 Å². The van der Waals surface area contributed by atoms with E-state index in [1.807, 2.05) is 21.0 Å². The van der Waals surface area contributed by atoms with Crippen LogP contribution in [0, 0.1) is 0 Å². The van der Waals surface area contributed by atoms with Crippen LogP contribution in [0.15, 0.2) is 0 Å². The third-order valence-corrected chi connectivity index (χ3v) is 2.97. The molecule has 0 bridgehead atoms. The van der Waals surface area contributed by atoms with Gasteiger partial charge in [0.2, 0.25) is 11.8 Å². The highest BCUT2D eigenvalue weighted by molar-refractivity contribution is 5.94. The van der Waals surface area contributed by atoms with E-state index < -0.39 is 0 Å². The summed E-state index contributed by atoms with van der Waals surface area (Å²) in [5.74, 6) is 0.0287. The first kappa shape index (κ1) is 14.0. The molecular weight excluding hydrogens is 218 g/mol. The lowest BCUT2D eigenvalue weighted by Gasteiger charge is -2.32. The molecule has 1 rings (SSSR count). The summed E-state index contributed by atoms with van der Waals surface area (Å²) in [7, 11) is 4.07. The Balaban J connectivity index is 2.35. The maximum atomic E-state index is 11.9. The molecule has 0 aliphatic carbocycles. The molecule has 0 saturated carbocycles. The molecule has 1 heterocycles. The lowest BCUT2D eigenvalue weighted by Crippen LogP contribution is -2.57. The fourth-order valence-electron chi connectivity index (χ4n) is 1.97. The van der Waals surface area contributed by atoms with Crippen molar-refractivity contribution in [3.63, 3.8) is 0 Å². The number of carbonyl (C=O) groups excluding carboxylic acids is 2. The van der Waals surface area contributed by atoms with Crippen molar-refractivity contribution < 1.29 is 9.59 Å². The average molecular weight is 241 g/mol. The quantitative estimate of drug-likeness (QED) is 0.669. The van der Waals surface area contributed by atoms with Gasteiger partial charge in [-0.15, -0.1) is 0 Å². The van der Waals surface area contributed by atoms with E-state index in [1.54, 1.807) is 4.90 Å². The van der Waals surface area contributed by atoms with Crippen LogP contribution in [0.25, 0.3) is 0 Å². The van der Waals surface area contributed by atoms with Crippen molar-refractivity contribution in [2.45, 2.75) is 32.2 Å². The number of unbranched alkanes of at least 4 members (excludes halogenated alkanes) is 1. The molecular formula is C12H23N3O2. The van der Waals surface area contributed by atoms with Crippen LogP contribution in [0.5, 0.6) is 0 Å². The fraction of sp³-hybridized carbons (Fsp3) is 0.833. The summed E-state index contributed by atoms with van der Waals surface area (Å²) in [4.78, 5) is 27.2. The smallest absolute Gasteiger partial charge is 0.245 e. The predicted octanol–water partition coefficient (Wildman–Crippen LogP) is 0.0652. The first-order valence-electron chi connectivity index (χ1n) is 6.27. The molecule has 5 heteroatoms. The number of carbonyl (C=O) groups is 2. The van der Waals surface area contributed by atoms with Crippen molar-refractivity contribution in [2.75, 3.05) is 33.7 Å². The lowest BCUT2D eigenvalue weighted by molar-refractivity contribution is -0.144. The summed E-state index contributed by atoms with van der Waals surface area (Å²) >= 11 is 0. The van der Waals surface area contributed by atoms with Crippen molar-refractivity contribution in [1.29, 1.82) is 0 Å². The van der Waals surface area contributed by atoms with E-state index in [9.17, 15) is 9.59 Å². The largest absolute Gasteiger partial charge is 0.343 e. The molecule has 1 unspecified atom stereocenters. The monoisotopic (exact) mass is 241 g/mol. The first-order chi connectivity index (χ1) is 8.04. The lowest BCUT2D eigenvalue weighted by atomic mass is 10.1. The number of hydrogen-bond acceptors (Lipinski definition) is 3. The minimum Gasteiger partial charge on any atom is -0.343 e. The molecule has 0 aromatic heterocycles. The highest BCUT2D eigenvalue weighted by Gasteiger charge is 2.30. The second-order valence-corrected chi connectivity index (χ2v) is 4.80. The van der Waals surface area contributed by atoms with Gasteiger partial charge in [-0.1, -0.05) is 6.92 Å². The van der Waals surface area contributed by atoms with Gasteiger partial charge in [-0.05, 0) is 39.9 Å². The number of nitrogens with zero attached hydrogens (tertiary/aromatic N) is 2. The van der Waals surface area contributed by atoms with Crippen molar-refractivity contribution >= 4 is 11.8 Å². The molecule has 1 aliphatic rings. The van der Waals surface area contributed by atoms with Crippen LogP contribution >= 0.6 is 0 Å². The summed E-state index contributed by atoms with van der Waals surface area (Å²) in [5.41, 5.74) is 0. The Morgan fingerprint density at radius 3 is 2.65 bits per heavy atom. The van der Waals surface area contributed by atoms with Crippen molar-refractivity contribution in [3.05, 3.63) is 0 Å². The maximum Gasteiger partial charge on any atom is 0.245 e. The van der Waals surface area contributed by atoms with Crippen molar-refractivity contribution in [2.24, 2.45) is 0 Å². The number of amides is 2. The summed E-state index contributed by atoms with van der Waals surface area (Å²) in [6, 6.07) is -0.315. The number of nitrogens with one attached hydrogen (secondary N) is 1. The normalized spacial score (nSPS) is 20.9. The Morgan fingerprint density at radius 2 is 2.06 bits per heavy atom. The Kier molecular flexibility index (Phi) is 5.41. The van der Waals surface area contributed by atoms with Crippen LogP contribution in [-0.2, 0) is 9.59 Å². The van der Waals surface area contributed by atoms with Crippen molar-refractivity contribution in [1.82, 2.24) is 15.1 Å². The van der Waals surface area contributed by atoms with Crippen LogP contribution in [-0.4, -0.2) is 61.4 Å². The Labute approximate surface area is 103 Å². The summed E-state index contributed by atoms with van der Waals surface area (Å²) < 4.78 is 0. The van der Waals surface area contributed by atoms with Crippen LogP contribution in [0.4, 0.5) is 0 Å². The molecule has 0 aromatic rings. The van der Waals surface area contributed by atoms with E-state index in [0.717, 1.165) is 19.4 Å². The average Bonchev–Trinajstić information content (AvgIpc) is 2.28. The van der Waals surface area contributed by atoms with Crippen LogP contribution in [0.2, 0.25) is 0 Å². The zero-order chi connectivity index (χ0) is 12.8. The molecule has 1 saturated heterocycles. The molecule has 5 nitrogen and oxygen atoms in total. The van der Waals surface area contributed by atoms with Gasteiger partial charge >= 0.3 is 0 Å². The van der Waals surface area contributed by atoms with Crippen LogP contribution < -0.4 is 5.32 Å². The first-order valence-corrected chi connectivity index (χ1v) is 6.27. The number of piperazine rings is 1. The van der Waals surface area contributed by atoms with Crippen molar-refractivity contribution in [3.8, 4) is 0 Å². The zero-order valence-corrected chi connectivity index (χ0v) is 11.0. The standard InChI is InChI=1S/C12H23N3O2/c1-4-10-12(17)15(9-11(16)13-10)8-6-5-7-14(2)3/h10H,4-9H2,1-3H3,(H,13,16). The molecule has 2 amide bonds. The summed E-state index contributed by atoms with van der Waals surface area (Å²) in [6.07, 6.45) is 2.67. The topological polar surface area (TPSA) is 52.7 Å². The van der Waals surface area contributed by atoms with Crippen LogP contribution in [0.1, 0.15) is 26.2 Å². The van der Waals surface area contributed by atoms with Gasteiger partial charge in [-0.25, -0.2) is 0 Å². The van der Waals surface area contributed by atoms with Gasteiger partial charge < -0.3 is 15.1 Å². The molecule has 1 aliphatic heterocycles. The highest BCUT2D eigenvalue weighted by atomic mass is 16.2. The van der Waals surface area contributed by atoms with Crippen LogP contribution in [0.3, 0.4) is 0 Å². The fourth-order valence-corrected chi connectivity index (χ4v) is 1.97. The van der Waals surface area contributed by atoms with Gasteiger partial charge in [-0.2, -0.15) is 0 Å². The van der Waals surface area contributed by atoms with Gasteiger partial charge in [0.05, 0.1) is 6.54 Å². The van der Waals surface area contributed by atoms with Gasteiger partial charge in [0.1, 0.15) is 6.04 Å². The number of hydrogen-bond donors (Lipinski definition) is 1. The third-order valence-electron chi connectivity index (χ3n) is 2.97. The van der Waals surface area contributed by atoms with E-state index in [1.165, 1.54) is 0 Å². The van der Waals surface area contributed by atoms with E-state index in [-0.39, 0.29) is 24.4 Å². The van der Waals surface area contributed by atoms with Gasteiger partial charge in [0.25, 0.3) is 0 Å². The van der Waals surface area contributed by atoms with Gasteiger partial charge in [0, 0.05) is 6.54 Å². The van der Waals surface area contributed by atoms with E-state index in [2.05, 4.69) is 10.2 Å². The molecule has 1 atom stereocenters. The Morgan fingerprint density at radius 1 is 1.35 bits per heavy atom.